The van der Waals surface area contributed by atoms with Gasteiger partial charge in [-0.2, -0.15) is 0 Å². The standard InChI is InChI=1S/C33H45N7O15.La/c1-53-13-10-37-7-4-22(41)28(44)19(37)16-25(34-31(47)48)40(26(35-32(49)50)17-20-29(45)23(42)5-8-38(20)11-14-54-2)27(36-33(51)52)18-21-30(46)24(43)6-9-39(21)12-15-55-3;/h4-9,25-27,34-36,44-46H,10-18H2,1-3H3,(H,47,48)(H,49,50)(H,51,52);/q;+3/p-3. The predicted octanol–water partition coefficient (Wildman–Crippen LogP) is -4.67. The average Bonchev–Trinajstić information content (AvgIpc) is 3.12. The third-order valence-corrected chi connectivity index (χ3v) is 8.48. The van der Waals surface area contributed by atoms with Gasteiger partial charge in [0.15, 0.2) is 17.2 Å². The fourth-order valence-electron chi connectivity index (χ4n) is 5.96. The molecule has 0 aliphatic heterocycles. The second-order valence-corrected chi connectivity index (χ2v) is 11.9. The van der Waals surface area contributed by atoms with Gasteiger partial charge in [0.1, 0.15) is 18.3 Å². The monoisotopic (exact) mass is 915 g/mol. The SMILES string of the molecule is COCCn1ccc(=O)c(O)c1CC(NC(=O)[O-])N(C(Cc1c(O)c(=O)ccn1CCOC)NC(=O)[O-])C(Cc1c(O)c(=O)ccn1CCOC)NC(=O)[O-].[La+3]. The fourth-order valence-corrected chi connectivity index (χ4v) is 5.96. The zero-order valence-corrected chi connectivity index (χ0v) is 34.3. The van der Waals surface area contributed by atoms with E-state index in [9.17, 15) is 59.4 Å². The van der Waals surface area contributed by atoms with E-state index in [-0.39, 0.29) is 92.1 Å². The Hall–Kier alpha value is -4.91. The number of rotatable bonds is 21. The summed E-state index contributed by atoms with van der Waals surface area (Å²) in [5, 5.41) is 76.1. The summed E-state index contributed by atoms with van der Waals surface area (Å²) in [4.78, 5) is 76.0. The molecule has 0 saturated carbocycles. The molecule has 0 aromatic carbocycles. The summed E-state index contributed by atoms with van der Waals surface area (Å²) in [6, 6.07) is 3.05. The number of carbonyl (C=O) groups is 3. The number of hydrogen-bond donors (Lipinski definition) is 6. The van der Waals surface area contributed by atoms with Gasteiger partial charge in [-0.1, -0.05) is 0 Å². The fraction of sp³-hybridized carbons (Fsp3) is 0.455. The van der Waals surface area contributed by atoms with Gasteiger partial charge in [-0.25, -0.2) is 4.90 Å². The molecule has 3 rings (SSSR count). The Morgan fingerprint density at radius 3 is 1.05 bits per heavy atom. The number of carboxylic acid groups (broad SMARTS) is 3. The maximum absolute atomic E-state index is 12.7. The number of aromatic hydroxyl groups is 3. The van der Waals surface area contributed by atoms with Gasteiger partial charge in [-0.15, -0.1) is 0 Å². The van der Waals surface area contributed by atoms with E-state index >= 15 is 0 Å². The number of nitrogens with one attached hydrogen (secondary N) is 3. The Balaban J connectivity index is 0.0000108. The van der Waals surface area contributed by atoms with Crippen molar-refractivity contribution in [2.75, 3.05) is 41.2 Å². The minimum Gasteiger partial charge on any atom is -0.530 e. The van der Waals surface area contributed by atoms with E-state index in [2.05, 4.69) is 16.0 Å². The molecular formula is C33H42LaN7O15. The predicted molar refractivity (Wildman–Crippen MR) is 183 cm³/mol. The number of hydrogen-bond acceptors (Lipinski definition) is 16. The van der Waals surface area contributed by atoms with Gasteiger partial charge in [-0.3, -0.25) is 14.4 Å². The summed E-state index contributed by atoms with van der Waals surface area (Å²) in [5.74, 6) is -2.58. The quantitative estimate of drug-likeness (QED) is 0.0548. The largest absolute Gasteiger partial charge is 3.00 e. The van der Waals surface area contributed by atoms with Crippen LogP contribution in [0.3, 0.4) is 0 Å². The molecule has 3 aromatic heterocycles. The second kappa shape index (κ2) is 22.6. The Labute approximate surface area is 346 Å². The van der Waals surface area contributed by atoms with Gasteiger partial charge in [0.05, 0.1) is 55.4 Å². The molecule has 3 atom stereocenters. The van der Waals surface area contributed by atoms with Crippen LogP contribution in [0.4, 0.5) is 14.4 Å². The molecule has 0 aliphatic carbocycles. The van der Waals surface area contributed by atoms with Crippen molar-refractivity contribution in [3.05, 3.63) is 84.5 Å². The molecule has 22 nitrogen and oxygen atoms in total. The van der Waals surface area contributed by atoms with Crippen LogP contribution in [0.15, 0.2) is 51.2 Å². The number of aromatic nitrogens is 3. The molecule has 0 saturated heterocycles. The normalized spacial score (nSPS) is 12.6. The minimum atomic E-state index is -2.00. The van der Waals surface area contributed by atoms with Crippen LogP contribution in [0, 0.1) is 35.6 Å². The summed E-state index contributed by atoms with van der Waals surface area (Å²) in [5.41, 5.74) is -3.43. The van der Waals surface area contributed by atoms with Crippen LogP contribution in [-0.2, 0) is 53.1 Å². The Morgan fingerprint density at radius 1 is 0.589 bits per heavy atom. The second-order valence-electron chi connectivity index (χ2n) is 11.9. The van der Waals surface area contributed by atoms with Crippen molar-refractivity contribution < 1.29 is 94.8 Å². The summed E-state index contributed by atoms with van der Waals surface area (Å²) in [6.07, 6.45) is -10.1. The molecule has 6 N–H and O–H groups in total. The van der Waals surface area contributed by atoms with Gasteiger partial charge in [-0.05, 0) is 0 Å². The number of methoxy groups -OCH3 is 3. The van der Waals surface area contributed by atoms with Gasteiger partial charge in [0, 0.05) is 97.0 Å². The van der Waals surface area contributed by atoms with Gasteiger partial charge in [0.25, 0.3) is 0 Å². The van der Waals surface area contributed by atoms with Crippen LogP contribution in [-0.4, -0.2) is 112 Å². The first-order valence-electron chi connectivity index (χ1n) is 16.5. The molecule has 0 fully saturated rings. The minimum absolute atomic E-state index is 0. The number of nitrogens with zero attached hydrogens (tertiary/aromatic N) is 4. The first kappa shape index (κ1) is 47.2. The van der Waals surface area contributed by atoms with Gasteiger partial charge < -0.3 is 88.9 Å². The topological polar surface area (TPSA) is 314 Å². The van der Waals surface area contributed by atoms with Crippen molar-refractivity contribution in [3.63, 3.8) is 0 Å². The molecule has 0 spiro atoms. The number of carbonyl (C=O) groups excluding carboxylic acids is 3. The zero-order chi connectivity index (χ0) is 40.8. The van der Waals surface area contributed by atoms with E-state index in [1.54, 1.807) is 0 Å². The van der Waals surface area contributed by atoms with Crippen molar-refractivity contribution in [2.24, 2.45) is 0 Å². The molecular weight excluding hydrogens is 873 g/mol. The smallest absolute Gasteiger partial charge is 0.530 e. The summed E-state index contributed by atoms with van der Waals surface area (Å²) < 4.78 is 19.3. The van der Waals surface area contributed by atoms with Crippen molar-refractivity contribution >= 4 is 18.3 Å². The number of pyridine rings is 3. The van der Waals surface area contributed by atoms with E-state index in [0.29, 0.717) is 0 Å². The molecule has 3 amide bonds. The Bertz CT molecular complexity index is 1760. The molecule has 3 aromatic rings. The van der Waals surface area contributed by atoms with Crippen LogP contribution in [0.25, 0.3) is 0 Å². The van der Waals surface area contributed by atoms with Crippen molar-refractivity contribution in [3.8, 4) is 17.2 Å². The van der Waals surface area contributed by atoms with Crippen LogP contribution in [0.2, 0.25) is 0 Å². The first-order chi connectivity index (χ1) is 26.1. The van der Waals surface area contributed by atoms with Gasteiger partial charge >= 0.3 is 35.6 Å². The maximum atomic E-state index is 12.7. The molecule has 0 bridgehead atoms. The van der Waals surface area contributed by atoms with Crippen LogP contribution in [0.5, 0.6) is 17.2 Å². The molecule has 56 heavy (non-hydrogen) atoms. The summed E-state index contributed by atoms with van der Waals surface area (Å²) in [7, 11) is 4.10. The number of amides is 3. The molecule has 0 radical (unpaired) electrons. The number of ether oxygens (including phenoxy) is 3. The van der Waals surface area contributed by atoms with E-state index in [1.807, 2.05) is 0 Å². The van der Waals surface area contributed by atoms with E-state index in [1.165, 1.54) is 53.6 Å². The first-order valence-corrected chi connectivity index (χ1v) is 16.5. The van der Waals surface area contributed by atoms with Crippen molar-refractivity contribution in [1.82, 2.24) is 34.6 Å². The average molecular weight is 916 g/mol. The molecule has 0 aliphatic rings. The van der Waals surface area contributed by atoms with Gasteiger partial charge in [0.2, 0.25) is 16.3 Å². The third kappa shape index (κ3) is 12.8. The van der Waals surface area contributed by atoms with Crippen molar-refractivity contribution in [1.29, 1.82) is 0 Å². The Kier molecular flexibility index (Phi) is 19.1. The van der Waals surface area contributed by atoms with E-state index < -0.39 is 89.6 Å². The van der Waals surface area contributed by atoms with E-state index in [0.717, 1.165) is 23.1 Å². The third-order valence-electron chi connectivity index (χ3n) is 8.48. The van der Waals surface area contributed by atoms with Crippen LogP contribution >= 0.6 is 0 Å². The summed E-state index contributed by atoms with van der Waals surface area (Å²) >= 11 is 0. The van der Waals surface area contributed by atoms with E-state index in [4.69, 9.17) is 14.2 Å². The van der Waals surface area contributed by atoms with Crippen LogP contribution in [0.1, 0.15) is 17.1 Å². The summed E-state index contributed by atoms with van der Waals surface area (Å²) in [6.45, 7) is 0.0607. The molecule has 3 unspecified atom stereocenters. The molecule has 302 valence electrons. The molecule has 23 heteroatoms. The molecule has 3 heterocycles. The zero-order valence-electron chi connectivity index (χ0n) is 30.7. The van der Waals surface area contributed by atoms with Crippen molar-refractivity contribution in [2.45, 2.75) is 57.4 Å². The Morgan fingerprint density at radius 2 is 0.839 bits per heavy atom. The van der Waals surface area contributed by atoms with Crippen LogP contribution < -0.4 is 47.6 Å². The maximum Gasteiger partial charge on any atom is 3.00 e.